The highest BCUT2D eigenvalue weighted by Gasteiger charge is 2.42. The molecule has 0 aliphatic heterocycles. The van der Waals surface area contributed by atoms with Gasteiger partial charge in [-0.25, -0.2) is 0 Å². The van der Waals surface area contributed by atoms with Gasteiger partial charge in [-0.3, -0.25) is 0 Å². The van der Waals surface area contributed by atoms with E-state index < -0.39 is 12.1 Å². The summed E-state index contributed by atoms with van der Waals surface area (Å²) < 4.78 is 37.0. The molecule has 0 aromatic carbocycles. The number of rotatable bonds is 3. The lowest BCUT2D eigenvalue weighted by Gasteiger charge is -2.27. The Labute approximate surface area is 72.2 Å². The number of hydrogen-bond donors (Lipinski definition) is 0. The zero-order valence-electron chi connectivity index (χ0n) is 8.07. The van der Waals surface area contributed by atoms with E-state index in [0.29, 0.717) is 0 Å². The standard InChI is InChI=1S/C9H17F3/c1-5-8(9(10,11)12)7(4)6(2)3/h6-8H,5H2,1-4H3. The Morgan fingerprint density at radius 1 is 1.08 bits per heavy atom. The van der Waals surface area contributed by atoms with E-state index in [1.165, 1.54) is 0 Å². The summed E-state index contributed by atoms with van der Waals surface area (Å²) in [7, 11) is 0. The van der Waals surface area contributed by atoms with Gasteiger partial charge in [0, 0.05) is 0 Å². The van der Waals surface area contributed by atoms with Gasteiger partial charge in [-0.1, -0.05) is 27.7 Å². The molecule has 0 aromatic rings. The Hall–Kier alpha value is -0.210. The predicted molar refractivity (Wildman–Crippen MR) is 43.8 cm³/mol. The van der Waals surface area contributed by atoms with E-state index in [1.54, 1.807) is 13.8 Å². The van der Waals surface area contributed by atoms with Crippen molar-refractivity contribution in [1.82, 2.24) is 0 Å². The molecular weight excluding hydrogens is 165 g/mol. The normalized spacial score (nSPS) is 18.0. The SMILES string of the molecule is CCC(C(C)C(C)C)C(F)(F)F. The van der Waals surface area contributed by atoms with E-state index >= 15 is 0 Å². The van der Waals surface area contributed by atoms with Crippen LogP contribution in [0.1, 0.15) is 34.1 Å². The minimum Gasteiger partial charge on any atom is -0.171 e. The molecule has 0 fully saturated rings. The van der Waals surface area contributed by atoms with Crippen LogP contribution < -0.4 is 0 Å². The topological polar surface area (TPSA) is 0 Å². The first-order valence-corrected chi connectivity index (χ1v) is 4.37. The van der Waals surface area contributed by atoms with E-state index in [1.807, 2.05) is 13.8 Å². The largest absolute Gasteiger partial charge is 0.392 e. The molecule has 2 atom stereocenters. The Bertz CT molecular complexity index is 126. The molecule has 0 N–H and O–H groups in total. The molecule has 3 heteroatoms. The van der Waals surface area contributed by atoms with Gasteiger partial charge in [-0.05, 0) is 18.3 Å². The van der Waals surface area contributed by atoms with Crippen molar-refractivity contribution in [3.8, 4) is 0 Å². The third-order valence-electron chi connectivity index (χ3n) is 2.55. The van der Waals surface area contributed by atoms with Crippen molar-refractivity contribution < 1.29 is 13.2 Å². The molecule has 12 heavy (non-hydrogen) atoms. The van der Waals surface area contributed by atoms with E-state index in [9.17, 15) is 13.2 Å². The van der Waals surface area contributed by atoms with Crippen LogP contribution in [0.4, 0.5) is 13.2 Å². The van der Waals surface area contributed by atoms with Crippen LogP contribution in [0.3, 0.4) is 0 Å². The Balaban J connectivity index is 4.35. The third kappa shape index (κ3) is 3.03. The third-order valence-corrected chi connectivity index (χ3v) is 2.55. The van der Waals surface area contributed by atoms with Crippen molar-refractivity contribution >= 4 is 0 Å². The van der Waals surface area contributed by atoms with Crippen LogP contribution in [0.5, 0.6) is 0 Å². The summed E-state index contributed by atoms with van der Waals surface area (Å²) in [5.74, 6) is -1.33. The van der Waals surface area contributed by atoms with E-state index in [-0.39, 0.29) is 18.3 Å². The summed E-state index contributed by atoms with van der Waals surface area (Å²) in [4.78, 5) is 0. The number of halogens is 3. The van der Waals surface area contributed by atoms with E-state index in [2.05, 4.69) is 0 Å². The summed E-state index contributed by atoms with van der Waals surface area (Å²) in [6, 6.07) is 0. The zero-order valence-corrected chi connectivity index (χ0v) is 8.07. The monoisotopic (exact) mass is 182 g/mol. The van der Waals surface area contributed by atoms with Crippen LogP contribution in [0.25, 0.3) is 0 Å². The van der Waals surface area contributed by atoms with Crippen molar-refractivity contribution in [2.75, 3.05) is 0 Å². The number of hydrogen-bond acceptors (Lipinski definition) is 0. The van der Waals surface area contributed by atoms with Crippen molar-refractivity contribution in [1.29, 1.82) is 0 Å². The smallest absolute Gasteiger partial charge is 0.171 e. The van der Waals surface area contributed by atoms with E-state index in [4.69, 9.17) is 0 Å². The van der Waals surface area contributed by atoms with Gasteiger partial charge in [-0.15, -0.1) is 0 Å². The highest BCUT2D eigenvalue weighted by Crippen LogP contribution is 2.37. The van der Waals surface area contributed by atoms with Crippen molar-refractivity contribution in [3.05, 3.63) is 0 Å². The first kappa shape index (κ1) is 11.8. The fraction of sp³-hybridized carbons (Fsp3) is 1.00. The molecule has 0 radical (unpaired) electrons. The fourth-order valence-corrected chi connectivity index (χ4v) is 1.37. The van der Waals surface area contributed by atoms with Crippen LogP contribution in [-0.2, 0) is 0 Å². The number of alkyl halides is 3. The lowest BCUT2D eigenvalue weighted by atomic mass is 9.83. The zero-order chi connectivity index (χ0) is 9.94. The Morgan fingerprint density at radius 2 is 1.50 bits per heavy atom. The Morgan fingerprint density at radius 3 is 1.58 bits per heavy atom. The van der Waals surface area contributed by atoms with Crippen LogP contribution in [-0.4, -0.2) is 6.18 Å². The molecule has 0 bridgehead atoms. The molecule has 2 unspecified atom stereocenters. The second kappa shape index (κ2) is 4.15. The average Bonchev–Trinajstić information content (AvgIpc) is 1.85. The first-order chi connectivity index (χ1) is 5.30. The van der Waals surface area contributed by atoms with Gasteiger partial charge in [0.25, 0.3) is 0 Å². The van der Waals surface area contributed by atoms with Crippen LogP contribution in [0.2, 0.25) is 0 Å². The molecule has 0 aliphatic carbocycles. The summed E-state index contributed by atoms with van der Waals surface area (Å²) in [6.45, 7) is 6.93. The molecule has 0 amide bonds. The molecule has 0 saturated carbocycles. The molecule has 0 aromatic heterocycles. The second-order valence-corrected chi connectivity index (χ2v) is 3.66. The maximum atomic E-state index is 12.3. The molecule has 0 rings (SSSR count). The maximum Gasteiger partial charge on any atom is 0.392 e. The van der Waals surface area contributed by atoms with Crippen molar-refractivity contribution in [2.45, 2.75) is 40.3 Å². The van der Waals surface area contributed by atoms with Crippen molar-refractivity contribution in [3.63, 3.8) is 0 Å². The average molecular weight is 182 g/mol. The minimum absolute atomic E-state index is 0.0941. The summed E-state index contributed by atoms with van der Waals surface area (Å²) in [5, 5.41) is 0. The van der Waals surface area contributed by atoms with Crippen LogP contribution >= 0.6 is 0 Å². The molecular formula is C9H17F3. The van der Waals surface area contributed by atoms with Crippen molar-refractivity contribution in [2.24, 2.45) is 17.8 Å². The molecule has 0 heterocycles. The van der Waals surface area contributed by atoms with E-state index in [0.717, 1.165) is 0 Å². The van der Waals surface area contributed by atoms with Gasteiger partial charge in [0.05, 0.1) is 5.92 Å². The van der Waals surface area contributed by atoms with Crippen LogP contribution in [0, 0.1) is 17.8 Å². The molecule has 0 spiro atoms. The lowest BCUT2D eigenvalue weighted by Crippen LogP contribution is -2.30. The first-order valence-electron chi connectivity index (χ1n) is 4.37. The van der Waals surface area contributed by atoms with Crippen LogP contribution in [0.15, 0.2) is 0 Å². The molecule has 0 nitrogen and oxygen atoms in total. The van der Waals surface area contributed by atoms with Gasteiger partial charge in [0.1, 0.15) is 0 Å². The maximum absolute atomic E-state index is 12.3. The minimum atomic E-state index is -4.03. The highest BCUT2D eigenvalue weighted by atomic mass is 19.4. The summed E-state index contributed by atoms with van der Waals surface area (Å²) >= 11 is 0. The lowest BCUT2D eigenvalue weighted by molar-refractivity contribution is -0.191. The van der Waals surface area contributed by atoms with Gasteiger partial charge in [-0.2, -0.15) is 13.2 Å². The summed E-state index contributed by atoms with van der Waals surface area (Å²) in [6.07, 6.45) is -3.85. The van der Waals surface area contributed by atoms with Gasteiger partial charge >= 0.3 is 6.18 Å². The van der Waals surface area contributed by atoms with Gasteiger partial charge in [0.2, 0.25) is 0 Å². The molecule has 74 valence electrons. The fourth-order valence-electron chi connectivity index (χ4n) is 1.37. The Kier molecular flexibility index (Phi) is 4.08. The molecule has 0 aliphatic rings. The van der Waals surface area contributed by atoms with Gasteiger partial charge < -0.3 is 0 Å². The quantitative estimate of drug-likeness (QED) is 0.621. The van der Waals surface area contributed by atoms with Gasteiger partial charge in [0.15, 0.2) is 0 Å². The summed E-state index contributed by atoms with van der Waals surface area (Å²) in [5.41, 5.74) is 0. The highest BCUT2D eigenvalue weighted by molar-refractivity contribution is 4.74. The molecule has 0 saturated heterocycles. The predicted octanol–water partition coefficient (Wildman–Crippen LogP) is 3.87. The second-order valence-electron chi connectivity index (χ2n) is 3.66.